The number of aliphatic carboxylic acids is 1. The quantitative estimate of drug-likeness (QED) is 0.403. The van der Waals surface area contributed by atoms with Crippen LogP contribution in [0.4, 0.5) is 0 Å². The standard InChI is InChI=1S/C10H16N2O8.Bi/c13-7(14)3-11(4-8(15)16)1-2-12(5-9(17)18)6-10(19)20;/h1-6H2,(H,13,14)(H,15,16)(H,17,18)(H,19,20);/q;+3/p-3. The minimum atomic E-state index is -3.91. The monoisotopic (exact) mass is 498 g/mol. The Hall–Kier alpha value is -1.32. The first-order valence-electron chi connectivity index (χ1n) is 6.01. The molecule has 116 valence electrons. The predicted octanol–water partition coefficient (Wildman–Crippen LogP) is -2.68. The van der Waals surface area contributed by atoms with Gasteiger partial charge in [0.05, 0.1) is 0 Å². The summed E-state index contributed by atoms with van der Waals surface area (Å²) in [5.74, 6) is -3.07. The van der Waals surface area contributed by atoms with Gasteiger partial charge in [-0.2, -0.15) is 0 Å². The van der Waals surface area contributed by atoms with Gasteiger partial charge in [0, 0.05) is 0 Å². The Morgan fingerprint density at radius 2 is 1.52 bits per heavy atom. The zero-order valence-electron chi connectivity index (χ0n) is 10.9. The van der Waals surface area contributed by atoms with Crippen LogP contribution in [-0.2, 0) is 27.6 Å². The molecule has 0 unspecified atom stereocenters. The van der Waals surface area contributed by atoms with Crippen LogP contribution in [0.5, 0.6) is 0 Å². The fourth-order valence-electron chi connectivity index (χ4n) is 1.84. The zero-order valence-corrected chi connectivity index (χ0v) is 14.4. The van der Waals surface area contributed by atoms with Crippen LogP contribution in [0.25, 0.3) is 0 Å². The SMILES string of the molecule is O=C(O)CN1CCN2CC(=O)[O][Bi]([O]C(=O)C1)[O]C(=O)C2. The van der Waals surface area contributed by atoms with Crippen molar-refractivity contribution in [3.63, 3.8) is 0 Å². The summed E-state index contributed by atoms with van der Waals surface area (Å²) in [6.07, 6.45) is 0. The summed E-state index contributed by atoms with van der Waals surface area (Å²) < 4.78 is 14.8. The molecule has 0 atom stereocenters. The number of nitrogens with zero attached hydrogens (tertiary/aromatic N) is 2. The molecule has 3 aliphatic heterocycles. The van der Waals surface area contributed by atoms with Crippen molar-refractivity contribution >= 4 is 46.9 Å². The Balaban J connectivity index is 2.17. The number of carboxylic acids is 1. The van der Waals surface area contributed by atoms with E-state index in [0.29, 0.717) is 0 Å². The van der Waals surface area contributed by atoms with E-state index >= 15 is 0 Å². The topological polar surface area (TPSA) is 123 Å². The van der Waals surface area contributed by atoms with E-state index in [4.69, 9.17) is 13.5 Å². The van der Waals surface area contributed by atoms with E-state index in [1.165, 1.54) is 9.80 Å². The van der Waals surface area contributed by atoms with E-state index in [9.17, 15) is 19.2 Å². The number of carbonyl (C=O) groups is 4. The van der Waals surface area contributed by atoms with Crippen molar-refractivity contribution in [3.05, 3.63) is 0 Å². The number of carbonyl (C=O) groups excluding carboxylic acids is 3. The van der Waals surface area contributed by atoms with Gasteiger partial charge in [-0.05, 0) is 0 Å². The van der Waals surface area contributed by atoms with E-state index in [2.05, 4.69) is 0 Å². The van der Waals surface area contributed by atoms with E-state index in [1.807, 2.05) is 0 Å². The summed E-state index contributed by atoms with van der Waals surface area (Å²) >= 11 is -3.91. The fraction of sp³-hybridized carbons (Fsp3) is 0.600. The van der Waals surface area contributed by atoms with Gasteiger partial charge in [0.15, 0.2) is 0 Å². The molecular weight excluding hydrogens is 485 g/mol. The van der Waals surface area contributed by atoms with Crippen molar-refractivity contribution in [3.8, 4) is 0 Å². The van der Waals surface area contributed by atoms with Crippen LogP contribution in [0, 0.1) is 0 Å². The third-order valence-electron chi connectivity index (χ3n) is 2.68. The summed E-state index contributed by atoms with van der Waals surface area (Å²) in [6, 6.07) is 0. The molecule has 3 fully saturated rings. The van der Waals surface area contributed by atoms with Gasteiger partial charge in [-0.25, -0.2) is 0 Å². The molecule has 0 amide bonds. The molecule has 3 saturated heterocycles. The molecule has 3 rings (SSSR count). The average molecular weight is 498 g/mol. The molecule has 21 heavy (non-hydrogen) atoms. The predicted molar refractivity (Wildman–Crippen MR) is 64.5 cm³/mol. The van der Waals surface area contributed by atoms with Crippen molar-refractivity contribution in [1.82, 2.24) is 9.80 Å². The summed E-state index contributed by atoms with van der Waals surface area (Å²) in [5, 5.41) is 8.81. The molecule has 1 N–H and O–H groups in total. The van der Waals surface area contributed by atoms with Gasteiger partial charge in [0.1, 0.15) is 0 Å². The molecule has 0 aromatic heterocycles. The number of hydrogen-bond donors (Lipinski definition) is 1. The molecule has 11 heteroatoms. The van der Waals surface area contributed by atoms with Crippen LogP contribution < -0.4 is 0 Å². The van der Waals surface area contributed by atoms with Gasteiger partial charge < -0.3 is 0 Å². The van der Waals surface area contributed by atoms with Crippen LogP contribution in [-0.4, -0.2) is 101 Å². The average Bonchev–Trinajstić information content (AvgIpc) is 2.35. The molecule has 10 nitrogen and oxygen atoms in total. The normalized spacial score (nSPS) is 22.8. The third-order valence-corrected chi connectivity index (χ3v) is 6.79. The van der Waals surface area contributed by atoms with E-state index in [0.717, 1.165) is 0 Å². The molecule has 0 aromatic rings. The number of rotatable bonds is 2. The van der Waals surface area contributed by atoms with Gasteiger partial charge in [0.2, 0.25) is 0 Å². The Kier molecular flexibility index (Phi) is 5.43. The Labute approximate surface area is 129 Å². The summed E-state index contributed by atoms with van der Waals surface area (Å²) in [4.78, 5) is 48.5. The Bertz CT molecular complexity index is 450. The van der Waals surface area contributed by atoms with E-state index in [1.54, 1.807) is 0 Å². The minimum absolute atomic E-state index is 0.126. The zero-order chi connectivity index (χ0) is 15.4. The van der Waals surface area contributed by atoms with Crippen LogP contribution in [0.3, 0.4) is 0 Å². The van der Waals surface area contributed by atoms with Crippen molar-refractivity contribution in [2.75, 3.05) is 39.3 Å². The van der Waals surface area contributed by atoms with E-state index in [-0.39, 0.29) is 39.3 Å². The van der Waals surface area contributed by atoms with Crippen LogP contribution >= 0.6 is 0 Å². The maximum absolute atomic E-state index is 11.7. The second-order valence-electron chi connectivity index (χ2n) is 4.43. The van der Waals surface area contributed by atoms with Crippen LogP contribution in [0.1, 0.15) is 0 Å². The van der Waals surface area contributed by atoms with Gasteiger partial charge in [0.25, 0.3) is 0 Å². The Morgan fingerprint density at radius 1 is 1.00 bits per heavy atom. The molecule has 0 aliphatic carbocycles. The molecule has 0 saturated carbocycles. The summed E-state index contributed by atoms with van der Waals surface area (Å²) in [7, 11) is 0. The van der Waals surface area contributed by atoms with Crippen LogP contribution in [0.2, 0.25) is 0 Å². The van der Waals surface area contributed by atoms with Crippen LogP contribution in [0.15, 0.2) is 0 Å². The first-order valence-corrected chi connectivity index (χ1v) is 10.3. The fourth-order valence-corrected chi connectivity index (χ4v) is 4.89. The van der Waals surface area contributed by atoms with Crippen molar-refractivity contribution < 1.29 is 32.7 Å². The summed E-state index contributed by atoms with van der Waals surface area (Å²) in [5.41, 5.74) is 0. The second kappa shape index (κ2) is 7.10. The molecule has 3 heterocycles. The molecule has 0 spiro atoms. The van der Waals surface area contributed by atoms with E-state index < -0.39 is 46.9 Å². The third kappa shape index (κ3) is 5.18. The molecule has 0 radical (unpaired) electrons. The van der Waals surface area contributed by atoms with Gasteiger partial charge in [-0.1, -0.05) is 0 Å². The first kappa shape index (κ1) is 16.1. The van der Waals surface area contributed by atoms with Gasteiger partial charge in [-0.15, -0.1) is 0 Å². The second-order valence-corrected chi connectivity index (χ2v) is 8.30. The molecule has 2 bridgehead atoms. The van der Waals surface area contributed by atoms with Gasteiger partial charge >= 0.3 is 129 Å². The summed E-state index contributed by atoms with van der Waals surface area (Å²) in [6.45, 7) is -0.433. The maximum atomic E-state index is 11.7. The Morgan fingerprint density at radius 3 is 2.05 bits per heavy atom. The molecular formula is C10H13BiN2O8. The number of carboxylic acid groups (broad SMARTS) is 1. The number of hydrogen-bond acceptors (Lipinski definition) is 9. The van der Waals surface area contributed by atoms with Crippen molar-refractivity contribution in [2.45, 2.75) is 0 Å². The molecule has 3 aliphatic rings. The van der Waals surface area contributed by atoms with Gasteiger partial charge in [-0.3, -0.25) is 0 Å². The number of fused-ring (bicyclic) bond motifs is 9. The first-order chi connectivity index (χ1) is 9.92. The molecule has 0 aromatic carbocycles. The van der Waals surface area contributed by atoms with Crippen molar-refractivity contribution in [1.29, 1.82) is 0 Å². The van der Waals surface area contributed by atoms with Crippen molar-refractivity contribution in [2.24, 2.45) is 0 Å².